The summed E-state index contributed by atoms with van der Waals surface area (Å²) in [5.41, 5.74) is 1.05. The molecule has 0 radical (unpaired) electrons. The molecule has 2 rings (SSSR count). The molecule has 1 unspecified atom stereocenters. The highest BCUT2D eigenvalue weighted by atomic mass is 35.5. The maximum absolute atomic E-state index is 12.2. The summed E-state index contributed by atoms with van der Waals surface area (Å²) in [6.07, 6.45) is 1.57. The van der Waals surface area contributed by atoms with Gasteiger partial charge in [-0.2, -0.15) is 0 Å². The normalized spacial score (nSPS) is 18.9. The van der Waals surface area contributed by atoms with Crippen molar-refractivity contribution in [1.29, 1.82) is 0 Å². The predicted molar refractivity (Wildman–Crippen MR) is 71.5 cm³/mol. The molecule has 0 spiro atoms. The fourth-order valence-electron chi connectivity index (χ4n) is 2.18. The summed E-state index contributed by atoms with van der Waals surface area (Å²) in [5.74, 6) is 0.0926. The second-order valence-corrected chi connectivity index (χ2v) is 4.92. The van der Waals surface area contributed by atoms with Crippen molar-refractivity contribution >= 4 is 17.5 Å². The minimum absolute atomic E-state index is 0.0926. The molecule has 0 aliphatic carbocycles. The van der Waals surface area contributed by atoms with E-state index in [1.54, 1.807) is 0 Å². The fourth-order valence-corrected chi connectivity index (χ4v) is 2.39. The summed E-state index contributed by atoms with van der Waals surface area (Å²) in [6.45, 7) is 3.96. The fraction of sp³-hybridized carbons (Fsp3) is 0.500. The number of likely N-dealkylation sites (N-methyl/N-ethyl adjacent to an activating group) is 1. The van der Waals surface area contributed by atoms with Crippen LogP contribution in [0.3, 0.4) is 0 Å². The van der Waals surface area contributed by atoms with E-state index in [1.807, 2.05) is 36.1 Å². The largest absolute Gasteiger partial charge is 0.368 e. The van der Waals surface area contributed by atoms with Crippen LogP contribution in [0.4, 0.5) is 0 Å². The number of carbonyl (C=O) groups is 1. The number of amides is 1. The number of benzene rings is 1. The Hall–Kier alpha value is -1.06. The molecule has 1 aliphatic rings. The van der Waals surface area contributed by atoms with Crippen molar-refractivity contribution < 1.29 is 9.53 Å². The zero-order valence-electron chi connectivity index (χ0n) is 10.6. The van der Waals surface area contributed by atoms with Crippen molar-refractivity contribution in [2.75, 3.05) is 13.2 Å². The third-order valence-electron chi connectivity index (χ3n) is 3.16. The zero-order chi connectivity index (χ0) is 13.0. The molecular formula is C14H18ClNO2. The van der Waals surface area contributed by atoms with Crippen molar-refractivity contribution in [3.05, 3.63) is 34.9 Å². The van der Waals surface area contributed by atoms with E-state index in [4.69, 9.17) is 16.3 Å². The molecule has 0 bridgehead atoms. The molecule has 1 fully saturated rings. The van der Waals surface area contributed by atoms with Gasteiger partial charge < -0.3 is 9.64 Å². The smallest absolute Gasteiger partial charge is 0.251 e. The van der Waals surface area contributed by atoms with E-state index in [0.29, 0.717) is 24.7 Å². The second-order valence-electron chi connectivity index (χ2n) is 4.48. The zero-order valence-corrected chi connectivity index (χ0v) is 11.3. The van der Waals surface area contributed by atoms with Crippen molar-refractivity contribution in [1.82, 2.24) is 4.90 Å². The SMILES string of the molecule is CCN(Cc1cccc(Cl)c1)C(=O)C1CCCO1. The molecule has 4 heteroatoms. The lowest BCUT2D eigenvalue weighted by molar-refractivity contribution is -0.141. The molecular weight excluding hydrogens is 250 g/mol. The summed E-state index contributed by atoms with van der Waals surface area (Å²) in [7, 11) is 0. The first-order chi connectivity index (χ1) is 8.70. The van der Waals surface area contributed by atoms with Gasteiger partial charge in [-0.05, 0) is 37.5 Å². The molecule has 1 saturated heterocycles. The molecule has 0 saturated carbocycles. The van der Waals surface area contributed by atoms with E-state index in [-0.39, 0.29) is 12.0 Å². The van der Waals surface area contributed by atoms with E-state index in [9.17, 15) is 4.79 Å². The van der Waals surface area contributed by atoms with Crippen LogP contribution < -0.4 is 0 Å². The predicted octanol–water partition coefficient (Wildman–Crippen LogP) is 2.87. The van der Waals surface area contributed by atoms with Gasteiger partial charge in [0.1, 0.15) is 6.10 Å². The lowest BCUT2D eigenvalue weighted by Gasteiger charge is -2.24. The number of halogens is 1. The minimum Gasteiger partial charge on any atom is -0.368 e. The van der Waals surface area contributed by atoms with Gasteiger partial charge in [-0.25, -0.2) is 0 Å². The Morgan fingerprint density at radius 3 is 3.00 bits per heavy atom. The van der Waals surface area contributed by atoms with Gasteiger partial charge in [0.05, 0.1) is 0 Å². The van der Waals surface area contributed by atoms with Crippen LogP contribution in [-0.2, 0) is 16.1 Å². The molecule has 3 nitrogen and oxygen atoms in total. The molecule has 18 heavy (non-hydrogen) atoms. The molecule has 1 aliphatic heterocycles. The van der Waals surface area contributed by atoms with E-state index < -0.39 is 0 Å². The Morgan fingerprint density at radius 1 is 1.56 bits per heavy atom. The Balaban J connectivity index is 2.02. The van der Waals surface area contributed by atoms with Crippen LogP contribution in [0.1, 0.15) is 25.3 Å². The molecule has 1 atom stereocenters. The number of rotatable bonds is 4. The van der Waals surface area contributed by atoms with Crippen LogP contribution in [-0.4, -0.2) is 30.1 Å². The van der Waals surface area contributed by atoms with E-state index >= 15 is 0 Å². The van der Waals surface area contributed by atoms with Gasteiger partial charge in [0.15, 0.2) is 0 Å². The molecule has 98 valence electrons. The Bertz CT molecular complexity index is 416. The highest BCUT2D eigenvalue weighted by molar-refractivity contribution is 6.30. The summed E-state index contributed by atoms with van der Waals surface area (Å²) in [5, 5.41) is 0.702. The standard InChI is InChI=1S/C14H18ClNO2/c1-2-16(14(17)13-7-4-8-18-13)10-11-5-3-6-12(15)9-11/h3,5-6,9,13H,2,4,7-8,10H2,1H3. The quantitative estimate of drug-likeness (QED) is 0.840. The number of hydrogen-bond acceptors (Lipinski definition) is 2. The first-order valence-electron chi connectivity index (χ1n) is 6.35. The van der Waals surface area contributed by atoms with Gasteiger partial charge in [0, 0.05) is 24.7 Å². The highest BCUT2D eigenvalue weighted by Crippen LogP contribution is 2.17. The Kier molecular flexibility index (Phi) is 4.61. The summed E-state index contributed by atoms with van der Waals surface area (Å²) in [4.78, 5) is 14.1. The van der Waals surface area contributed by atoms with Gasteiger partial charge in [0.2, 0.25) is 0 Å². The number of hydrogen-bond donors (Lipinski definition) is 0. The molecule has 1 aromatic rings. The minimum atomic E-state index is -0.246. The highest BCUT2D eigenvalue weighted by Gasteiger charge is 2.27. The first-order valence-corrected chi connectivity index (χ1v) is 6.73. The van der Waals surface area contributed by atoms with E-state index in [0.717, 1.165) is 18.4 Å². The number of carbonyl (C=O) groups excluding carboxylic acids is 1. The Morgan fingerprint density at radius 2 is 2.39 bits per heavy atom. The van der Waals surface area contributed by atoms with E-state index in [1.165, 1.54) is 0 Å². The van der Waals surface area contributed by atoms with Crippen molar-refractivity contribution in [2.45, 2.75) is 32.4 Å². The van der Waals surface area contributed by atoms with Gasteiger partial charge in [-0.1, -0.05) is 23.7 Å². The average molecular weight is 268 g/mol. The molecule has 1 heterocycles. The molecule has 0 aromatic heterocycles. The monoisotopic (exact) mass is 267 g/mol. The first kappa shape index (κ1) is 13.4. The lowest BCUT2D eigenvalue weighted by atomic mass is 10.1. The summed E-state index contributed by atoms with van der Waals surface area (Å²) >= 11 is 5.95. The van der Waals surface area contributed by atoms with Gasteiger partial charge in [-0.3, -0.25) is 4.79 Å². The van der Waals surface area contributed by atoms with Gasteiger partial charge in [0.25, 0.3) is 5.91 Å². The maximum atomic E-state index is 12.2. The van der Waals surface area contributed by atoms with Gasteiger partial charge >= 0.3 is 0 Å². The van der Waals surface area contributed by atoms with Crippen molar-refractivity contribution in [3.63, 3.8) is 0 Å². The second kappa shape index (κ2) is 6.21. The lowest BCUT2D eigenvalue weighted by Crippen LogP contribution is -2.38. The molecule has 0 N–H and O–H groups in total. The van der Waals surface area contributed by atoms with Crippen LogP contribution >= 0.6 is 11.6 Å². The van der Waals surface area contributed by atoms with Crippen LogP contribution in [0.25, 0.3) is 0 Å². The topological polar surface area (TPSA) is 29.5 Å². The summed E-state index contributed by atoms with van der Waals surface area (Å²) in [6, 6.07) is 7.62. The number of ether oxygens (including phenoxy) is 1. The third kappa shape index (κ3) is 3.24. The van der Waals surface area contributed by atoms with E-state index in [2.05, 4.69) is 0 Å². The third-order valence-corrected chi connectivity index (χ3v) is 3.40. The van der Waals surface area contributed by atoms with Crippen molar-refractivity contribution in [3.8, 4) is 0 Å². The van der Waals surface area contributed by atoms with Crippen LogP contribution in [0.15, 0.2) is 24.3 Å². The van der Waals surface area contributed by atoms with Crippen LogP contribution in [0.2, 0.25) is 5.02 Å². The molecule has 1 amide bonds. The van der Waals surface area contributed by atoms with Crippen molar-refractivity contribution in [2.24, 2.45) is 0 Å². The Labute approximate surface area is 113 Å². The van der Waals surface area contributed by atoms with Crippen LogP contribution in [0, 0.1) is 0 Å². The average Bonchev–Trinajstić information content (AvgIpc) is 2.89. The van der Waals surface area contributed by atoms with Crippen LogP contribution in [0.5, 0.6) is 0 Å². The molecule has 1 aromatic carbocycles. The number of nitrogens with zero attached hydrogens (tertiary/aromatic N) is 1. The van der Waals surface area contributed by atoms with Gasteiger partial charge in [-0.15, -0.1) is 0 Å². The summed E-state index contributed by atoms with van der Waals surface area (Å²) < 4.78 is 5.44. The maximum Gasteiger partial charge on any atom is 0.251 e.